The molecule has 0 radical (unpaired) electrons. The number of nitrogens with zero attached hydrogens (tertiary/aromatic N) is 1. The summed E-state index contributed by atoms with van der Waals surface area (Å²) in [6, 6.07) is 6.06. The van der Waals surface area contributed by atoms with Crippen LogP contribution in [0.25, 0.3) is 0 Å². The van der Waals surface area contributed by atoms with Crippen LogP contribution in [0.2, 0.25) is 5.02 Å². The van der Waals surface area contributed by atoms with E-state index in [1.165, 1.54) is 0 Å². The van der Waals surface area contributed by atoms with Crippen molar-refractivity contribution in [1.82, 2.24) is 0 Å². The molecule has 1 amide bonds. The average Bonchev–Trinajstić information content (AvgIpc) is 2.30. The summed E-state index contributed by atoms with van der Waals surface area (Å²) in [6.45, 7) is 0. The predicted octanol–water partition coefficient (Wildman–Crippen LogP) is 1.28. The summed E-state index contributed by atoms with van der Waals surface area (Å²) in [5.74, 6) is 0.192. The molecule has 0 saturated carbocycles. The molecular formula is C11H10ClN3O2. The molecule has 0 spiro atoms. The van der Waals surface area contributed by atoms with Crippen LogP contribution in [0.3, 0.4) is 0 Å². The Morgan fingerprint density at radius 1 is 1.65 bits per heavy atom. The van der Waals surface area contributed by atoms with Crippen LogP contribution in [-0.4, -0.2) is 18.1 Å². The topological polar surface area (TPSA) is 88.1 Å². The number of amides is 1. The van der Waals surface area contributed by atoms with Crippen LogP contribution in [0.5, 0.6) is 5.75 Å². The molecule has 1 aromatic carbocycles. The van der Waals surface area contributed by atoms with E-state index in [0.717, 1.165) is 0 Å². The van der Waals surface area contributed by atoms with Gasteiger partial charge in [-0.05, 0) is 12.1 Å². The first-order valence-corrected chi connectivity index (χ1v) is 5.40. The lowest BCUT2D eigenvalue weighted by Gasteiger charge is -2.26. The van der Waals surface area contributed by atoms with E-state index >= 15 is 0 Å². The molecule has 5 nitrogen and oxygen atoms in total. The molecule has 1 aliphatic rings. The minimum atomic E-state index is -0.754. The maximum atomic E-state index is 11.7. The van der Waals surface area contributed by atoms with Gasteiger partial charge in [-0.3, -0.25) is 4.79 Å². The van der Waals surface area contributed by atoms with Crippen molar-refractivity contribution in [3.8, 4) is 11.8 Å². The van der Waals surface area contributed by atoms with Crippen LogP contribution >= 0.6 is 11.6 Å². The largest absolute Gasteiger partial charge is 0.478 e. The summed E-state index contributed by atoms with van der Waals surface area (Å²) in [5.41, 5.74) is 6.04. The number of nitrogens with one attached hydrogen (secondary N) is 1. The van der Waals surface area contributed by atoms with Crippen molar-refractivity contribution >= 4 is 23.2 Å². The Morgan fingerprint density at radius 3 is 3.12 bits per heavy atom. The second-order valence-corrected chi connectivity index (χ2v) is 4.14. The minimum Gasteiger partial charge on any atom is -0.478 e. The van der Waals surface area contributed by atoms with E-state index in [2.05, 4.69) is 5.32 Å². The fourth-order valence-electron chi connectivity index (χ4n) is 1.56. The molecule has 0 bridgehead atoms. The number of carbonyl (C=O) groups excluding carboxylic acids is 1. The standard InChI is InChI=1S/C11H10ClN3O2/c12-6-1-2-8-9(3-6)17-10(11(16)15-8)4-7(14)5-13/h1-3,7,10H,4,14H2,(H,15,16)/t7?,10-/m0/s1. The summed E-state index contributed by atoms with van der Waals surface area (Å²) in [5, 5.41) is 11.8. The van der Waals surface area contributed by atoms with Crippen LogP contribution in [0.1, 0.15) is 6.42 Å². The van der Waals surface area contributed by atoms with Gasteiger partial charge in [0.2, 0.25) is 0 Å². The smallest absolute Gasteiger partial charge is 0.265 e. The van der Waals surface area contributed by atoms with Gasteiger partial charge >= 0.3 is 0 Å². The minimum absolute atomic E-state index is 0.147. The molecule has 1 aromatic rings. The molecule has 0 saturated heterocycles. The lowest BCUT2D eigenvalue weighted by Crippen LogP contribution is -2.40. The molecule has 17 heavy (non-hydrogen) atoms. The molecule has 1 heterocycles. The highest BCUT2D eigenvalue weighted by molar-refractivity contribution is 6.30. The van der Waals surface area contributed by atoms with Gasteiger partial charge < -0.3 is 15.8 Å². The van der Waals surface area contributed by atoms with E-state index in [4.69, 9.17) is 27.3 Å². The molecule has 1 unspecified atom stereocenters. The maximum absolute atomic E-state index is 11.7. The number of nitrogens with two attached hydrogens (primary N) is 1. The highest BCUT2D eigenvalue weighted by Gasteiger charge is 2.29. The van der Waals surface area contributed by atoms with Gasteiger partial charge in [0.15, 0.2) is 6.10 Å². The van der Waals surface area contributed by atoms with E-state index in [0.29, 0.717) is 16.5 Å². The lowest BCUT2D eigenvalue weighted by atomic mass is 10.1. The summed E-state index contributed by atoms with van der Waals surface area (Å²) in [7, 11) is 0. The molecule has 0 fully saturated rings. The number of fused-ring (bicyclic) bond motifs is 1. The number of hydrogen-bond acceptors (Lipinski definition) is 4. The van der Waals surface area contributed by atoms with Crippen molar-refractivity contribution in [2.45, 2.75) is 18.6 Å². The second kappa shape index (κ2) is 4.62. The summed E-state index contributed by atoms with van der Waals surface area (Å²) >= 11 is 5.82. The number of hydrogen-bond donors (Lipinski definition) is 2. The summed E-state index contributed by atoms with van der Waals surface area (Å²) in [4.78, 5) is 11.7. The molecule has 2 atom stereocenters. The third-order valence-corrected chi connectivity index (χ3v) is 2.63. The molecular weight excluding hydrogens is 242 g/mol. The molecule has 6 heteroatoms. The third-order valence-electron chi connectivity index (χ3n) is 2.40. The number of rotatable bonds is 2. The maximum Gasteiger partial charge on any atom is 0.265 e. The van der Waals surface area contributed by atoms with E-state index in [-0.39, 0.29) is 12.3 Å². The first kappa shape index (κ1) is 11.7. The van der Waals surface area contributed by atoms with Crippen LogP contribution in [-0.2, 0) is 4.79 Å². The molecule has 1 aliphatic heterocycles. The van der Waals surface area contributed by atoms with Crippen molar-refractivity contribution in [2.75, 3.05) is 5.32 Å². The Labute approximate surface area is 103 Å². The Bertz CT molecular complexity index is 498. The SMILES string of the molecule is N#CC(N)C[C@@H]1Oc2cc(Cl)ccc2NC1=O. The van der Waals surface area contributed by atoms with Gasteiger partial charge in [0.25, 0.3) is 5.91 Å². The fraction of sp³-hybridized carbons (Fsp3) is 0.273. The van der Waals surface area contributed by atoms with Crippen LogP contribution < -0.4 is 15.8 Å². The van der Waals surface area contributed by atoms with Gasteiger partial charge in [-0.15, -0.1) is 0 Å². The number of ether oxygens (including phenoxy) is 1. The number of halogens is 1. The normalized spacial score (nSPS) is 19.6. The fourth-order valence-corrected chi connectivity index (χ4v) is 1.72. The Balaban J connectivity index is 2.20. The summed E-state index contributed by atoms with van der Waals surface area (Å²) < 4.78 is 5.47. The lowest BCUT2D eigenvalue weighted by molar-refractivity contribution is -0.123. The highest BCUT2D eigenvalue weighted by Crippen LogP contribution is 2.32. The molecule has 0 aromatic heterocycles. The number of anilines is 1. The predicted molar refractivity (Wildman–Crippen MR) is 62.7 cm³/mol. The molecule has 3 N–H and O–H groups in total. The van der Waals surface area contributed by atoms with Crippen LogP contribution in [0, 0.1) is 11.3 Å². The Kier molecular flexibility index (Phi) is 3.18. The molecule has 88 valence electrons. The van der Waals surface area contributed by atoms with E-state index in [9.17, 15) is 4.79 Å². The van der Waals surface area contributed by atoms with E-state index < -0.39 is 12.1 Å². The van der Waals surface area contributed by atoms with Gasteiger partial charge in [0.05, 0.1) is 17.8 Å². The van der Waals surface area contributed by atoms with Gasteiger partial charge in [-0.1, -0.05) is 11.6 Å². The van der Waals surface area contributed by atoms with Gasteiger partial charge in [-0.25, -0.2) is 0 Å². The quantitative estimate of drug-likeness (QED) is 0.829. The van der Waals surface area contributed by atoms with Crippen molar-refractivity contribution in [3.63, 3.8) is 0 Å². The monoisotopic (exact) mass is 251 g/mol. The van der Waals surface area contributed by atoms with E-state index in [1.807, 2.05) is 6.07 Å². The second-order valence-electron chi connectivity index (χ2n) is 3.71. The van der Waals surface area contributed by atoms with Crippen LogP contribution in [0.4, 0.5) is 5.69 Å². The first-order valence-electron chi connectivity index (χ1n) is 5.02. The number of nitriles is 1. The zero-order valence-corrected chi connectivity index (χ0v) is 9.57. The molecule has 0 aliphatic carbocycles. The van der Waals surface area contributed by atoms with E-state index in [1.54, 1.807) is 18.2 Å². The zero-order chi connectivity index (χ0) is 12.4. The Morgan fingerprint density at radius 2 is 2.41 bits per heavy atom. The third kappa shape index (κ3) is 2.49. The highest BCUT2D eigenvalue weighted by atomic mass is 35.5. The zero-order valence-electron chi connectivity index (χ0n) is 8.81. The Hall–Kier alpha value is -1.77. The number of carbonyl (C=O) groups is 1. The molecule has 2 rings (SSSR count). The summed E-state index contributed by atoms with van der Waals surface area (Å²) in [6.07, 6.45) is -0.607. The van der Waals surface area contributed by atoms with Crippen molar-refractivity contribution < 1.29 is 9.53 Å². The van der Waals surface area contributed by atoms with Gasteiger partial charge in [0, 0.05) is 17.5 Å². The van der Waals surface area contributed by atoms with Gasteiger partial charge in [0.1, 0.15) is 5.75 Å². The van der Waals surface area contributed by atoms with Crippen LogP contribution in [0.15, 0.2) is 18.2 Å². The van der Waals surface area contributed by atoms with Crippen molar-refractivity contribution in [1.29, 1.82) is 5.26 Å². The average molecular weight is 252 g/mol. The van der Waals surface area contributed by atoms with Crippen molar-refractivity contribution in [2.24, 2.45) is 5.73 Å². The number of benzene rings is 1. The van der Waals surface area contributed by atoms with Crippen molar-refractivity contribution in [3.05, 3.63) is 23.2 Å². The first-order chi connectivity index (χ1) is 8.10. The van der Waals surface area contributed by atoms with Gasteiger partial charge in [-0.2, -0.15) is 5.26 Å².